The van der Waals surface area contributed by atoms with Gasteiger partial charge in [-0.25, -0.2) is 8.78 Å². The average molecular weight is 568 g/mol. The van der Waals surface area contributed by atoms with Crippen molar-refractivity contribution in [3.05, 3.63) is 59.2 Å². The Bertz CT molecular complexity index is 1120. The highest BCUT2D eigenvalue weighted by Crippen LogP contribution is 2.33. The van der Waals surface area contributed by atoms with Gasteiger partial charge in [0.15, 0.2) is 0 Å². The van der Waals surface area contributed by atoms with Gasteiger partial charge in [0.05, 0.1) is 17.2 Å². The van der Waals surface area contributed by atoms with Crippen molar-refractivity contribution in [3.8, 4) is 0 Å². The first kappa shape index (κ1) is 30.6. The second kappa shape index (κ2) is 12.9. The number of piperidine rings is 1. The summed E-state index contributed by atoms with van der Waals surface area (Å²) in [7, 11) is 0. The molecule has 0 radical (unpaired) electrons. The number of halogens is 8. The molecule has 0 unspecified atom stereocenters. The summed E-state index contributed by atoms with van der Waals surface area (Å²) in [6.07, 6.45) is -4.87. The van der Waals surface area contributed by atoms with Crippen molar-refractivity contribution in [2.75, 3.05) is 37.4 Å². The number of hydrogen-bond donors (Lipinski definition) is 2. The van der Waals surface area contributed by atoms with Crippen LogP contribution < -0.4 is 11.1 Å². The number of hydrogen-bond acceptors (Lipinski definition) is 4. The van der Waals surface area contributed by atoms with E-state index >= 15 is 0 Å². The summed E-state index contributed by atoms with van der Waals surface area (Å²) in [5.41, 5.74) is 2.33. The zero-order valence-electron chi connectivity index (χ0n) is 20.8. The molecule has 39 heavy (non-hydrogen) atoms. The zero-order chi connectivity index (χ0) is 28.8. The van der Waals surface area contributed by atoms with Crippen molar-refractivity contribution in [3.63, 3.8) is 0 Å². The van der Waals surface area contributed by atoms with E-state index in [0.29, 0.717) is 30.5 Å². The summed E-state index contributed by atoms with van der Waals surface area (Å²) in [4.78, 5) is 14.8. The van der Waals surface area contributed by atoms with Gasteiger partial charge in [-0.1, -0.05) is 6.42 Å². The highest BCUT2D eigenvalue weighted by molar-refractivity contribution is 5.94. The summed E-state index contributed by atoms with van der Waals surface area (Å²) in [6.45, 7) is 3.10. The highest BCUT2D eigenvalue weighted by Gasteiger charge is 2.35. The van der Waals surface area contributed by atoms with Crippen LogP contribution in [0.15, 0.2) is 36.4 Å². The smallest absolute Gasteiger partial charge is 0.399 e. The molecule has 2 aliphatic heterocycles. The Balaban J connectivity index is 0.000000293. The molecule has 2 aromatic rings. The standard InChI is InChI=1S/C19H24F4N2O2.C7H5F4N/c20-16-11-14(4-5-15(16)19(21,22)23)24-18(26)17-3-1-2-8-25(17)12-13-6-9-27-10-7-13;8-6-2-1-4(12)3-5(6)7(9,10)11/h4-5,11,13,17H,1-3,6-10,12H2,(H,24,26);1-3H,12H2/t17-;/m0./s1. The van der Waals surface area contributed by atoms with Crippen LogP contribution in [0.4, 0.5) is 46.5 Å². The fraction of sp³-hybridized carbons (Fsp3) is 0.500. The largest absolute Gasteiger partial charge is 0.419 e. The van der Waals surface area contributed by atoms with Gasteiger partial charge in [0.1, 0.15) is 11.6 Å². The molecular formula is C26H29F8N3O2. The van der Waals surface area contributed by atoms with Crippen LogP contribution in [-0.2, 0) is 21.9 Å². The number of alkyl halides is 6. The second-order valence-corrected chi connectivity index (χ2v) is 9.48. The Morgan fingerprint density at radius 1 is 0.897 bits per heavy atom. The van der Waals surface area contributed by atoms with Crippen LogP contribution in [0.5, 0.6) is 0 Å². The monoisotopic (exact) mass is 567 g/mol. The van der Waals surface area contributed by atoms with E-state index in [9.17, 15) is 39.9 Å². The number of carbonyl (C=O) groups is 1. The minimum absolute atomic E-state index is 0.0436. The third kappa shape index (κ3) is 8.79. The van der Waals surface area contributed by atoms with Crippen LogP contribution >= 0.6 is 0 Å². The van der Waals surface area contributed by atoms with Gasteiger partial charge in [-0.2, -0.15) is 26.3 Å². The molecular weight excluding hydrogens is 538 g/mol. The summed E-state index contributed by atoms with van der Waals surface area (Å²) >= 11 is 0. The van der Waals surface area contributed by atoms with Gasteiger partial charge >= 0.3 is 12.4 Å². The number of nitrogens with two attached hydrogens (primary N) is 1. The van der Waals surface area contributed by atoms with Crippen molar-refractivity contribution in [1.29, 1.82) is 0 Å². The molecule has 2 fully saturated rings. The van der Waals surface area contributed by atoms with Gasteiger partial charge in [-0.3, -0.25) is 9.69 Å². The SMILES string of the molecule is Nc1ccc(F)c(C(F)(F)F)c1.O=C(Nc1ccc(C(F)(F)F)c(F)c1)[C@@H]1CCCCN1CC1CCOCC1. The average Bonchev–Trinajstić information content (AvgIpc) is 2.85. The van der Waals surface area contributed by atoms with Crippen molar-refractivity contribution in [1.82, 2.24) is 4.90 Å². The molecule has 5 nitrogen and oxygen atoms in total. The van der Waals surface area contributed by atoms with E-state index < -0.39 is 35.1 Å². The summed E-state index contributed by atoms with van der Waals surface area (Å²) in [5.74, 6) is -2.50. The van der Waals surface area contributed by atoms with Crippen molar-refractivity contribution >= 4 is 17.3 Å². The number of carbonyl (C=O) groups excluding carboxylic acids is 1. The predicted molar refractivity (Wildman–Crippen MR) is 129 cm³/mol. The van der Waals surface area contributed by atoms with Crippen LogP contribution in [0.2, 0.25) is 0 Å². The third-order valence-electron chi connectivity index (χ3n) is 6.59. The minimum Gasteiger partial charge on any atom is -0.399 e. The van der Waals surface area contributed by atoms with Gasteiger partial charge in [0, 0.05) is 31.1 Å². The van der Waals surface area contributed by atoms with Crippen LogP contribution in [0.1, 0.15) is 43.2 Å². The van der Waals surface area contributed by atoms with E-state index in [1.165, 1.54) is 0 Å². The van der Waals surface area contributed by atoms with Crippen LogP contribution in [0.3, 0.4) is 0 Å². The topological polar surface area (TPSA) is 67.6 Å². The molecule has 2 aromatic carbocycles. The van der Waals surface area contributed by atoms with Gasteiger partial charge in [-0.15, -0.1) is 0 Å². The number of nitrogens with one attached hydrogen (secondary N) is 1. The van der Waals surface area contributed by atoms with Crippen molar-refractivity contribution in [2.45, 2.75) is 50.5 Å². The highest BCUT2D eigenvalue weighted by atomic mass is 19.4. The third-order valence-corrected chi connectivity index (χ3v) is 6.59. The lowest BCUT2D eigenvalue weighted by atomic mass is 9.95. The molecule has 2 aliphatic rings. The number of anilines is 2. The number of benzene rings is 2. The lowest BCUT2D eigenvalue weighted by Gasteiger charge is -2.37. The maximum atomic E-state index is 13.7. The minimum atomic E-state index is -4.75. The second-order valence-electron chi connectivity index (χ2n) is 9.48. The zero-order valence-corrected chi connectivity index (χ0v) is 20.8. The molecule has 1 amide bonds. The molecule has 2 heterocycles. The van der Waals surface area contributed by atoms with Crippen molar-refractivity contribution < 1.29 is 44.7 Å². The van der Waals surface area contributed by atoms with E-state index in [2.05, 4.69) is 10.2 Å². The Morgan fingerprint density at radius 2 is 1.56 bits per heavy atom. The Kier molecular flexibility index (Phi) is 10.2. The molecule has 0 spiro atoms. The lowest BCUT2D eigenvalue weighted by molar-refractivity contribution is -0.140. The number of ether oxygens (including phenoxy) is 1. The molecule has 1 atom stereocenters. The molecule has 0 bridgehead atoms. The summed E-state index contributed by atoms with van der Waals surface area (Å²) in [5, 5.41) is 2.59. The molecule has 0 saturated carbocycles. The lowest BCUT2D eigenvalue weighted by Crippen LogP contribution is -2.49. The normalized spacial score (nSPS) is 19.2. The first-order valence-electron chi connectivity index (χ1n) is 12.4. The molecule has 0 aliphatic carbocycles. The molecule has 3 N–H and O–H groups in total. The molecule has 0 aromatic heterocycles. The first-order chi connectivity index (χ1) is 18.3. The van der Waals surface area contributed by atoms with Gasteiger partial charge in [0.25, 0.3) is 0 Å². The number of likely N-dealkylation sites (tertiary alicyclic amines) is 1. The van der Waals surface area contributed by atoms with Crippen LogP contribution in [-0.4, -0.2) is 43.2 Å². The van der Waals surface area contributed by atoms with Crippen LogP contribution in [0.25, 0.3) is 0 Å². The molecule has 4 rings (SSSR count). The molecule has 2 saturated heterocycles. The van der Waals surface area contributed by atoms with Gasteiger partial charge in [0.2, 0.25) is 5.91 Å². The Labute approximate surface area is 220 Å². The fourth-order valence-electron chi connectivity index (χ4n) is 4.58. The van der Waals surface area contributed by atoms with Crippen molar-refractivity contribution in [2.24, 2.45) is 5.92 Å². The number of nitrogen functional groups attached to an aromatic ring is 1. The van der Waals surface area contributed by atoms with E-state index in [1.54, 1.807) is 0 Å². The predicted octanol–water partition coefficient (Wildman–Crippen LogP) is 6.49. The number of nitrogens with zero attached hydrogens (tertiary/aromatic N) is 1. The number of amides is 1. The maximum Gasteiger partial charge on any atom is 0.419 e. The van der Waals surface area contributed by atoms with E-state index in [4.69, 9.17) is 10.5 Å². The molecule has 216 valence electrons. The summed E-state index contributed by atoms with van der Waals surface area (Å²) < 4.78 is 105. The van der Waals surface area contributed by atoms with Crippen LogP contribution in [0, 0.1) is 17.6 Å². The quantitative estimate of drug-likeness (QED) is 0.328. The van der Waals surface area contributed by atoms with Gasteiger partial charge < -0.3 is 15.8 Å². The fourth-order valence-corrected chi connectivity index (χ4v) is 4.58. The molecule has 13 heteroatoms. The Hall–Kier alpha value is -2.93. The van der Waals surface area contributed by atoms with E-state index in [-0.39, 0.29) is 23.3 Å². The van der Waals surface area contributed by atoms with E-state index in [0.717, 1.165) is 70.2 Å². The van der Waals surface area contributed by atoms with E-state index in [1.807, 2.05) is 0 Å². The Morgan fingerprint density at radius 3 is 2.15 bits per heavy atom. The number of rotatable bonds is 4. The first-order valence-corrected chi connectivity index (χ1v) is 12.4. The summed E-state index contributed by atoms with van der Waals surface area (Å²) in [6, 6.07) is 4.47. The van der Waals surface area contributed by atoms with Gasteiger partial charge in [-0.05, 0) is 74.5 Å². The maximum absolute atomic E-state index is 13.7.